The molecular weight excluding hydrogens is 366 g/mol. The molecule has 2 heterocycles. The Hall–Kier alpha value is -2.19. The molecule has 26 heavy (non-hydrogen) atoms. The molecule has 1 aromatic carbocycles. The van der Waals surface area contributed by atoms with Gasteiger partial charge in [0.25, 0.3) is 0 Å². The van der Waals surface area contributed by atoms with Crippen LogP contribution in [0.15, 0.2) is 47.1 Å². The van der Waals surface area contributed by atoms with Gasteiger partial charge in [0, 0.05) is 30.6 Å². The van der Waals surface area contributed by atoms with Crippen LogP contribution in [0.4, 0.5) is 5.13 Å². The van der Waals surface area contributed by atoms with Gasteiger partial charge in [0.2, 0.25) is 11.0 Å². The van der Waals surface area contributed by atoms with Gasteiger partial charge in [-0.25, -0.2) is 4.68 Å². The fourth-order valence-corrected chi connectivity index (χ4v) is 4.53. The zero-order chi connectivity index (χ0) is 17.9. The number of rotatable bonds is 7. The van der Waals surface area contributed by atoms with Crippen molar-refractivity contribution in [2.24, 2.45) is 0 Å². The van der Waals surface area contributed by atoms with Crippen LogP contribution in [0.1, 0.15) is 31.7 Å². The molecular formula is C18H19N5OS2. The lowest BCUT2D eigenvalue weighted by Gasteiger charge is -2.17. The lowest BCUT2D eigenvalue weighted by Crippen LogP contribution is -2.32. The molecule has 4 rings (SSSR count). The largest absolute Gasteiger partial charge is 0.284 e. The van der Waals surface area contributed by atoms with E-state index >= 15 is 0 Å². The molecule has 6 nitrogen and oxygen atoms in total. The Morgan fingerprint density at radius 3 is 2.77 bits per heavy atom. The van der Waals surface area contributed by atoms with Crippen LogP contribution in [-0.4, -0.2) is 31.9 Å². The maximum absolute atomic E-state index is 12.2. The van der Waals surface area contributed by atoms with E-state index in [1.807, 2.05) is 28.8 Å². The van der Waals surface area contributed by atoms with Crippen molar-refractivity contribution in [3.05, 3.63) is 48.3 Å². The number of carbonyl (C=O) groups excluding carboxylic acids is 1. The van der Waals surface area contributed by atoms with Crippen LogP contribution in [-0.2, 0) is 10.5 Å². The minimum Gasteiger partial charge on any atom is -0.284 e. The maximum Gasteiger partial charge on any atom is 0.228 e. The first-order valence-electron chi connectivity index (χ1n) is 8.62. The van der Waals surface area contributed by atoms with E-state index in [0.29, 0.717) is 12.5 Å². The van der Waals surface area contributed by atoms with Gasteiger partial charge in [0.15, 0.2) is 4.34 Å². The van der Waals surface area contributed by atoms with Crippen LogP contribution in [0.5, 0.6) is 0 Å². The third-order valence-electron chi connectivity index (χ3n) is 4.15. The quantitative estimate of drug-likeness (QED) is 0.456. The minimum atomic E-state index is 0.134. The summed E-state index contributed by atoms with van der Waals surface area (Å²) in [4.78, 5) is 14.0. The highest BCUT2D eigenvalue weighted by Gasteiger charge is 2.35. The molecule has 0 saturated heterocycles. The van der Waals surface area contributed by atoms with Gasteiger partial charge in [-0.05, 0) is 36.6 Å². The molecule has 0 atom stereocenters. The van der Waals surface area contributed by atoms with Crippen molar-refractivity contribution < 1.29 is 4.79 Å². The number of hydrogen-bond donors (Lipinski definition) is 0. The van der Waals surface area contributed by atoms with E-state index in [1.165, 1.54) is 16.9 Å². The molecule has 1 amide bonds. The van der Waals surface area contributed by atoms with E-state index in [9.17, 15) is 4.79 Å². The van der Waals surface area contributed by atoms with Crippen molar-refractivity contribution in [2.75, 3.05) is 4.90 Å². The van der Waals surface area contributed by atoms with E-state index < -0.39 is 0 Å². The molecule has 2 aromatic heterocycles. The summed E-state index contributed by atoms with van der Waals surface area (Å²) < 4.78 is 2.73. The first kappa shape index (κ1) is 17.2. The van der Waals surface area contributed by atoms with Crippen molar-refractivity contribution >= 4 is 34.1 Å². The number of carbonyl (C=O) groups is 1. The van der Waals surface area contributed by atoms with Gasteiger partial charge in [-0.2, -0.15) is 5.10 Å². The van der Waals surface area contributed by atoms with Gasteiger partial charge >= 0.3 is 0 Å². The Kier molecular flexibility index (Phi) is 5.03. The molecule has 3 aromatic rings. The summed E-state index contributed by atoms with van der Waals surface area (Å²) in [7, 11) is 0. The van der Waals surface area contributed by atoms with Gasteiger partial charge in [0.05, 0.1) is 5.69 Å². The molecule has 1 saturated carbocycles. The number of benzene rings is 1. The van der Waals surface area contributed by atoms with E-state index in [2.05, 4.69) is 39.6 Å². The Labute approximate surface area is 160 Å². The van der Waals surface area contributed by atoms with Gasteiger partial charge in [-0.15, -0.1) is 10.2 Å². The normalized spacial score (nSPS) is 13.7. The lowest BCUT2D eigenvalue weighted by atomic mass is 10.2. The van der Waals surface area contributed by atoms with E-state index in [4.69, 9.17) is 0 Å². The number of anilines is 1. The van der Waals surface area contributed by atoms with Gasteiger partial charge in [-0.3, -0.25) is 9.69 Å². The molecule has 1 fully saturated rings. The van der Waals surface area contributed by atoms with Gasteiger partial charge in [-0.1, -0.05) is 42.2 Å². The van der Waals surface area contributed by atoms with Crippen molar-refractivity contribution in [1.29, 1.82) is 0 Å². The van der Waals surface area contributed by atoms with Crippen molar-refractivity contribution in [3.63, 3.8) is 0 Å². The number of aromatic nitrogens is 4. The summed E-state index contributed by atoms with van der Waals surface area (Å²) in [6.07, 6.45) is 6.33. The number of thioether (sulfide) groups is 1. The second-order valence-corrected chi connectivity index (χ2v) is 8.28. The summed E-state index contributed by atoms with van der Waals surface area (Å²) in [5, 5.41) is 13.5. The molecule has 0 radical (unpaired) electrons. The van der Waals surface area contributed by atoms with Crippen molar-refractivity contribution in [2.45, 2.75) is 42.3 Å². The Bertz CT molecular complexity index is 871. The van der Waals surface area contributed by atoms with Crippen LogP contribution in [0.25, 0.3) is 5.69 Å². The zero-order valence-electron chi connectivity index (χ0n) is 14.4. The minimum absolute atomic E-state index is 0.134. The molecule has 0 N–H and O–H groups in total. The monoisotopic (exact) mass is 385 g/mol. The fourth-order valence-electron chi connectivity index (χ4n) is 2.64. The standard InChI is InChI=1S/C18H19N5OS2/c1-2-16(24)23(15-8-9-15)17-20-21-18(26-17)25-12-13-4-6-14(7-5-13)22-11-3-10-19-22/h3-7,10-11,15H,2,8-9,12H2,1H3. The Balaban J connectivity index is 1.39. The molecule has 0 unspecified atom stereocenters. The SMILES string of the molecule is CCC(=O)N(c1nnc(SCc2ccc(-n3cccn3)cc2)s1)C1CC1. The second kappa shape index (κ2) is 7.59. The topological polar surface area (TPSA) is 63.9 Å². The lowest BCUT2D eigenvalue weighted by molar-refractivity contribution is -0.118. The fraction of sp³-hybridized carbons (Fsp3) is 0.333. The van der Waals surface area contributed by atoms with Crippen molar-refractivity contribution in [1.82, 2.24) is 20.0 Å². The summed E-state index contributed by atoms with van der Waals surface area (Å²) in [6, 6.07) is 10.5. The number of nitrogens with zero attached hydrogens (tertiary/aromatic N) is 5. The first-order chi connectivity index (χ1) is 12.7. The van der Waals surface area contributed by atoms with Gasteiger partial charge in [0.1, 0.15) is 0 Å². The third kappa shape index (κ3) is 3.81. The highest BCUT2D eigenvalue weighted by molar-refractivity contribution is 8.00. The van der Waals surface area contributed by atoms with Crippen LogP contribution in [0, 0.1) is 0 Å². The number of amides is 1. The zero-order valence-corrected chi connectivity index (χ0v) is 16.0. The summed E-state index contributed by atoms with van der Waals surface area (Å²) in [5.41, 5.74) is 2.26. The third-order valence-corrected chi connectivity index (χ3v) is 6.28. The summed E-state index contributed by atoms with van der Waals surface area (Å²) in [5.74, 6) is 0.952. The predicted octanol–water partition coefficient (Wildman–Crippen LogP) is 3.92. The van der Waals surface area contributed by atoms with E-state index in [0.717, 1.165) is 33.8 Å². The first-order valence-corrected chi connectivity index (χ1v) is 10.4. The predicted molar refractivity (Wildman–Crippen MR) is 104 cm³/mol. The average molecular weight is 386 g/mol. The van der Waals surface area contributed by atoms with E-state index in [-0.39, 0.29) is 5.91 Å². The molecule has 1 aliphatic rings. The highest BCUT2D eigenvalue weighted by atomic mass is 32.2. The maximum atomic E-state index is 12.2. The molecule has 8 heteroatoms. The van der Waals surface area contributed by atoms with Gasteiger partial charge < -0.3 is 0 Å². The molecule has 1 aliphatic carbocycles. The second-order valence-electron chi connectivity index (χ2n) is 6.10. The summed E-state index contributed by atoms with van der Waals surface area (Å²) in [6.45, 7) is 1.89. The Morgan fingerprint density at radius 2 is 2.12 bits per heavy atom. The van der Waals surface area contributed by atoms with E-state index in [1.54, 1.807) is 18.0 Å². The number of hydrogen-bond acceptors (Lipinski definition) is 6. The molecule has 0 aliphatic heterocycles. The smallest absolute Gasteiger partial charge is 0.228 e. The highest BCUT2D eigenvalue weighted by Crippen LogP contribution is 2.36. The molecule has 0 spiro atoms. The molecule has 0 bridgehead atoms. The Morgan fingerprint density at radius 1 is 1.31 bits per heavy atom. The molecule has 134 valence electrons. The summed E-state index contributed by atoms with van der Waals surface area (Å²) >= 11 is 3.16. The van der Waals surface area contributed by atoms with Crippen LogP contribution >= 0.6 is 23.1 Å². The van der Waals surface area contributed by atoms with Crippen LogP contribution in [0.2, 0.25) is 0 Å². The average Bonchev–Trinajstić information content (AvgIpc) is 3.16. The van der Waals surface area contributed by atoms with Crippen LogP contribution in [0.3, 0.4) is 0 Å². The van der Waals surface area contributed by atoms with Crippen molar-refractivity contribution in [3.8, 4) is 5.69 Å². The van der Waals surface area contributed by atoms with Crippen LogP contribution < -0.4 is 4.90 Å².